The Hall–Kier alpha value is -2.45. The molecule has 0 atom stereocenters. The molecular formula is C19H17FN2O3S2. The molecule has 3 aromatic rings. The van der Waals surface area contributed by atoms with Gasteiger partial charge in [0.15, 0.2) is 4.80 Å². The predicted molar refractivity (Wildman–Crippen MR) is 105 cm³/mol. The van der Waals surface area contributed by atoms with Gasteiger partial charge in [-0.1, -0.05) is 17.4 Å². The SMILES string of the molecule is CCOC(=O)Cn1c(=NC(=O)c2ccc(SC)cc2)sc2cccc(F)c21. The molecule has 5 nitrogen and oxygen atoms in total. The maximum absolute atomic E-state index is 14.3. The molecule has 0 bridgehead atoms. The van der Waals surface area contributed by atoms with Gasteiger partial charge in [-0.2, -0.15) is 4.99 Å². The molecule has 8 heteroatoms. The lowest BCUT2D eigenvalue weighted by atomic mass is 10.2. The van der Waals surface area contributed by atoms with Gasteiger partial charge in [0.25, 0.3) is 5.91 Å². The summed E-state index contributed by atoms with van der Waals surface area (Å²) in [6.45, 7) is 1.70. The molecule has 27 heavy (non-hydrogen) atoms. The van der Waals surface area contributed by atoms with E-state index in [0.717, 1.165) is 16.2 Å². The number of hydrogen-bond acceptors (Lipinski definition) is 5. The van der Waals surface area contributed by atoms with Gasteiger partial charge in [0, 0.05) is 10.5 Å². The Morgan fingerprint density at radius 2 is 1.96 bits per heavy atom. The minimum atomic E-state index is -0.515. The average molecular weight is 404 g/mol. The first kappa shape index (κ1) is 19.3. The quantitative estimate of drug-likeness (QED) is 0.478. The van der Waals surface area contributed by atoms with Crippen molar-refractivity contribution in [3.05, 3.63) is 58.6 Å². The lowest BCUT2D eigenvalue weighted by molar-refractivity contribution is -0.143. The molecule has 1 heterocycles. The van der Waals surface area contributed by atoms with Crippen LogP contribution in [0.4, 0.5) is 4.39 Å². The standard InChI is InChI=1S/C19H17FN2O3S2/c1-3-25-16(23)11-22-17-14(20)5-4-6-15(17)27-19(22)21-18(24)12-7-9-13(26-2)10-8-12/h4-10H,3,11H2,1-2H3. The summed E-state index contributed by atoms with van der Waals surface area (Å²) in [5, 5.41) is 0. The van der Waals surface area contributed by atoms with Crippen LogP contribution in [0.2, 0.25) is 0 Å². The van der Waals surface area contributed by atoms with Gasteiger partial charge in [0.1, 0.15) is 12.4 Å². The summed E-state index contributed by atoms with van der Waals surface area (Å²) in [4.78, 5) is 29.9. The highest BCUT2D eigenvalue weighted by atomic mass is 32.2. The monoisotopic (exact) mass is 404 g/mol. The lowest BCUT2D eigenvalue weighted by Crippen LogP contribution is -2.23. The smallest absolute Gasteiger partial charge is 0.326 e. The Labute approximate surface area is 163 Å². The molecule has 0 spiro atoms. The van der Waals surface area contributed by atoms with Crippen LogP contribution in [0.1, 0.15) is 17.3 Å². The lowest BCUT2D eigenvalue weighted by Gasteiger charge is -2.05. The summed E-state index contributed by atoms with van der Waals surface area (Å²) in [5.41, 5.74) is 0.660. The van der Waals surface area contributed by atoms with Gasteiger partial charge in [0.2, 0.25) is 0 Å². The van der Waals surface area contributed by atoms with E-state index in [0.29, 0.717) is 10.3 Å². The first-order valence-electron chi connectivity index (χ1n) is 8.20. The summed E-state index contributed by atoms with van der Waals surface area (Å²) >= 11 is 2.73. The molecule has 3 rings (SSSR count). The number of carbonyl (C=O) groups is 2. The summed E-state index contributed by atoms with van der Waals surface area (Å²) in [6, 6.07) is 11.7. The van der Waals surface area contributed by atoms with E-state index in [1.807, 2.05) is 18.4 Å². The van der Waals surface area contributed by atoms with Crippen molar-refractivity contribution >= 4 is 45.2 Å². The molecule has 0 aliphatic carbocycles. The second-order valence-corrected chi connectivity index (χ2v) is 7.40. The zero-order valence-electron chi connectivity index (χ0n) is 14.8. The molecular weight excluding hydrogens is 387 g/mol. The van der Waals surface area contributed by atoms with Crippen LogP contribution in [0.5, 0.6) is 0 Å². The van der Waals surface area contributed by atoms with Gasteiger partial charge in [-0.05, 0) is 49.6 Å². The topological polar surface area (TPSA) is 60.7 Å². The van der Waals surface area contributed by atoms with Crippen molar-refractivity contribution in [2.75, 3.05) is 12.9 Å². The fraction of sp³-hybridized carbons (Fsp3) is 0.211. The molecule has 2 aromatic carbocycles. The molecule has 0 unspecified atom stereocenters. The number of hydrogen-bond donors (Lipinski definition) is 0. The van der Waals surface area contributed by atoms with Crippen LogP contribution in [0, 0.1) is 5.82 Å². The number of amides is 1. The summed E-state index contributed by atoms with van der Waals surface area (Å²) in [7, 11) is 0. The highest BCUT2D eigenvalue weighted by Gasteiger charge is 2.15. The Morgan fingerprint density at radius 3 is 2.63 bits per heavy atom. The van der Waals surface area contributed by atoms with Crippen LogP contribution in [-0.2, 0) is 16.1 Å². The largest absolute Gasteiger partial charge is 0.465 e. The fourth-order valence-corrected chi connectivity index (χ4v) is 3.99. The number of aromatic nitrogens is 1. The number of carbonyl (C=O) groups excluding carboxylic acids is 2. The number of thiazole rings is 1. The molecule has 0 saturated heterocycles. The predicted octanol–water partition coefficient (Wildman–Crippen LogP) is 3.87. The second-order valence-electron chi connectivity index (χ2n) is 5.51. The number of ether oxygens (including phenoxy) is 1. The van der Waals surface area contributed by atoms with E-state index in [1.54, 1.807) is 43.0 Å². The van der Waals surface area contributed by atoms with Crippen molar-refractivity contribution in [1.29, 1.82) is 0 Å². The number of thioether (sulfide) groups is 1. The molecule has 0 saturated carbocycles. The normalized spacial score (nSPS) is 11.7. The van der Waals surface area contributed by atoms with Crippen molar-refractivity contribution in [2.24, 2.45) is 4.99 Å². The summed E-state index contributed by atoms with van der Waals surface area (Å²) < 4.78 is 21.3. The van der Waals surface area contributed by atoms with Crippen molar-refractivity contribution in [2.45, 2.75) is 18.4 Å². The molecule has 0 aliphatic rings. The van der Waals surface area contributed by atoms with E-state index in [2.05, 4.69) is 4.99 Å². The van der Waals surface area contributed by atoms with E-state index >= 15 is 0 Å². The van der Waals surface area contributed by atoms with Crippen LogP contribution >= 0.6 is 23.1 Å². The van der Waals surface area contributed by atoms with Crippen LogP contribution in [0.15, 0.2) is 52.4 Å². The Bertz CT molecular complexity index is 1050. The van der Waals surface area contributed by atoms with E-state index in [-0.39, 0.29) is 23.5 Å². The molecule has 1 aromatic heterocycles. The van der Waals surface area contributed by atoms with E-state index in [9.17, 15) is 14.0 Å². The van der Waals surface area contributed by atoms with Crippen molar-refractivity contribution in [3.63, 3.8) is 0 Å². The van der Waals surface area contributed by atoms with Gasteiger partial charge < -0.3 is 9.30 Å². The van der Waals surface area contributed by atoms with Crippen molar-refractivity contribution < 1.29 is 18.7 Å². The average Bonchev–Trinajstić information content (AvgIpc) is 3.00. The van der Waals surface area contributed by atoms with E-state index < -0.39 is 17.7 Å². The number of para-hydroxylation sites is 1. The van der Waals surface area contributed by atoms with Crippen LogP contribution < -0.4 is 4.80 Å². The van der Waals surface area contributed by atoms with Crippen molar-refractivity contribution in [1.82, 2.24) is 4.57 Å². The molecule has 0 fully saturated rings. The first-order chi connectivity index (χ1) is 13.0. The maximum Gasteiger partial charge on any atom is 0.326 e. The van der Waals surface area contributed by atoms with Gasteiger partial charge in [-0.3, -0.25) is 9.59 Å². The second kappa shape index (κ2) is 8.49. The molecule has 1 amide bonds. The Balaban J connectivity index is 2.08. The first-order valence-corrected chi connectivity index (χ1v) is 10.2. The highest BCUT2D eigenvalue weighted by molar-refractivity contribution is 7.98. The number of benzene rings is 2. The molecule has 0 N–H and O–H groups in total. The minimum absolute atomic E-state index is 0.216. The molecule has 0 aliphatic heterocycles. The minimum Gasteiger partial charge on any atom is -0.465 e. The number of halogens is 1. The number of nitrogens with zero attached hydrogens (tertiary/aromatic N) is 2. The Morgan fingerprint density at radius 1 is 1.22 bits per heavy atom. The third kappa shape index (κ3) is 4.28. The summed E-state index contributed by atoms with van der Waals surface area (Å²) in [6.07, 6.45) is 1.95. The van der Waals surface area contributed by atoms with E-state index in [1.165, 1.54) is 10.6 Å². The highest BCUT2D eigenvalue weighted by Crippen LogP contribution is 2.21. The maximum atomic E-state index is 14.3. The Kier molecular flexibility index (Phi) is 6.08. The van der Waals surface area contributed by atoms with E-state index in [4.69, 9.17) is 4.74 Å². The number of rotatable bonds is 5. The zero-order chi connectivity index (χ0) is 19.4. The van der Waals surface area contributed by atoms with Gasteiger partial charge in [-0.15, -0.1) is 11.8 Å². The fourth-order valence-electron chi connectivity index (χ4n) is 2.54. The zero-order valence-corrected chi connectivity index (χ0v) is 16.4. The van der Waals surface area contributed by atoms with Crippen molar-refractivity contribution in [3.8, 4) is 0 Å². The van der Waals surface area contributed by atoms with Crippen LogP contribution in [-0.4, -0.2) is 29.3 Å². The van der Waals surface area contributed by atoms with Gasteiger partial charge >= 0.3 is 5.97 Å². The third-order valence-electron chi connectivity index (χ3n) is 3.78. The third-order valence-corrected chi connectivity index (χ3v) is 5.57. The van der Waals surface area contributed by atoms with Crippen LogP contribution in [0.25, 0.3) is 10.2 Å². The van der Waals surface area contributed by atoms with Gasteiger partial charge in [-0.25, -0.2) is 4.39 Å². The molecule has 0 radical (unpaired) electrons. The van der Waals surface area contributed by atoms with Gasteiger partial charge in [0.05, 0.1) is 16.8 Å². The number of esters is 1. The number of fused-ring (bicyclic) bond motifs is 1. The van der Waals surface area contributed by atoms with Crippen LogP contribution in [0.3, 0.4) is 0 Å². The summed E-state index contributed by atoms with van der Waals surface area (Å²) in [5.74, 6) is -1.45. The molecule has 140 valence electrons.